The second-order valence-corrected chi connectivity index (χ2v) is 7.14. The highest BCUT2D eigenvalue weighted by Gasteiger charge is 2.43. The maximum atomic E-state index is 13.2. The molecule has 3 heteroatoms. The van der Waals surface area contributed by atoms with Crippen LogP contribution in [0.4, 0.5) is 4.39 Å². The molecule has 2 atom stereocenters. The van der Waals surface area contributed by atoms with Crippen molar-refractivity contribution in [1.29, 1.82) is 0 Å². The summed E-state index contributed by atoms with van der Waals surface area (Å²) in [5.41, 5.74) is 0.539. The molecule has 2 aliphatic carbocycles. The Morgan fingerprint density at radius 2 is 1.73 bits per heavy atom. The zero-order chi connectivity index (χ0) is 15.6. The minimum Gasteiger partial charge on any atom is -0.352 e. The summed E-state index contributed by atoms with van der Waals surface area (Å²) in [5.74, 6) is 0.484. The first-order valence-corrected chi connectivity index (χ1v) is 8.69. The average Bonchev–Trinajstić information content (AvgIpc) is 3.01. The highest BCUT2D eigenvalue weighted by molar-refractivity contribution is 5.88. The van der Waals surface area contributed by atoms with Gasteiger partial charge >= 0.3 is 0 Å². The number of halogens is 1. The Morgan fingerprint density at radius 3 is 2.36 bits per heavy atom. The second-order valence-electron chi connectivity index (χ2n) is 7.14. The van der Waals surface area contributed by atoms with E-state index in [0.29, 0.717) is 12.0 Å². The summed E-state index contributed by atoms with van der Waals surface area (Å²) in [4.78, 5) is 13.1. The zero-order valence-electron chi connectivity index (χ0n) is 13.4. The van der Waals surface area contributed by atoms with Crippen molar-refractivity contribution >= 4 is 5.91 Å². The molecule has 1 aromatic rings. The third-order valence-corrected chi connectivity index (χ3v) is 5.72. The predicted octanol–water partition coefficient (Wildman–Crippen LogP) is 4.33. The Morgan fingerprint density at radius 1 is 1.09 bits per heavy atom. The molecule has 2 fully saturated rings. The molecule has 1 N–H and O–H groups in total. The van der Waals surface area contributed by atoms with Crippen molar-refractivity contribution in [3.8, 4) is 0 Å². The van der Waals surface area contributed by atoms with E-state index in [0.717, 1.165) is 37.7 Å². The van der Waals surface area contributed by atoms with Gasteiger partial charge in [0.25, 0.3) is 0 Å². The third-order valence-electron chi connectivity index (χ3n) is 5.72. The van der Waals surface area contributed by atoms with E-state index in [4.69, 9.17) is 0 Å². The van der Waals surface area contributed by atoms with Gasteiger partial charge in [-0.3, -0.25) is 4.79 Å². The average molecular weight is 303 g/mol. The van der Waals surface area contributed by atoms with Crippen LogP contribution in [0.15, 0.2) is 24.3 Å². The summed E-state index contributed by atoms with van der Waals surface area (Å²) in [6.45, 7) is 2.24. The normalized spacial score (nSPS) is 27.5. The molecule has 0 radical (unpaired) electrons. The van der Waals surface area contributed by atoms with Crippen LogP contribution in [-0.4, -0.2) is 11.9 Å². The SMILES string of the molecule is CC1CCCCC1NC(=O)C1(c2ccc(F)cc2)CCCC1. The molecule has 3 rings (SSSR count). The Hall–Kier alpha value is -1.38. The lowest BCUT2D eigenvalue weighted by Gasteiger charge is -2.35. The van der Waals surface area contributed by atoms with Gasteiger partial charge in [0.15, 0.2) is 0 Å². The van der Waals surface area contributed by atoms with Crippen LogP contribution in [0.1, 0.15) is 63.9 Å². The van der Waals surface area contributed by atoms with Gasteiger partial charge in [0.2, 0.25) is 5.91 Å². The molecule has 2 saturated carbocycles. The van der Waals surface area contributed by atoms with Crippen LogP contribution >= 0.6 is 0 Å². The Kier molecular flexibility index (Phi) is 4.51. The van der Waals surface area contributed by atoms with Crippen LogP contribution < -0.4 is 5.32 Å². The van der Waals surface area contributed by atoms with Gasteiger partial charge in [-0.05, 0) is 49.3 Å². The highest BCUT2D eigenvalue weighted by Crippen LogP contribution is 2.42. The van der Waals surface area contributed by atoms with E-state index in [2.05, 4.69) is 12.2 Å². The molecular formula is C19H26FNO. The van der Waals surface area contributed by atoms with Crippen LogP contribution in [0.5, 0.6) is 0 Å². The van der Waals surface area contributed by atoms with Crippen molar-refractivity contribution in [2.45, 2.75) is 69.7 Å². The first-order chi connectivity index (χ1) is 10.6. The van der Waals surface area contributed by atoms with Gasteiger partial charge in [-0.15, -0.1) is 0 Å². The number of carbonyl (C=O) groups is 1. The van der Waals surface area contributed by atoms with Gasteiger partial charge in [0.1, 0.15) is 5.82 Å². The molecule has 2 aliphatic rings. The number of benzene rings is 1. The van der Waals surface area contributed by atoms with E-state index in [1.165, 1.54) is 31.4 Å². The summed E-state index contributed by atoms with van der Waals surface area (Å²) < 4.78 is 13.2. The first kappa shape index (κ1) is 15.5. The van der Waals surface area contributed by atoms with E-state index < -0.39 is 5.41 Å². The van der Waals surface area contributed by atoms with Crippen molar-refractivity contribution in [3.05, 3.63) is 35.6 Å². The molecule has 22 heavy (non-hydrogen) atoms. The minimum absolute atomic E-state index is 0.162. The summed E-state index contributed by atoms with van der Waals surface area (Å²) >= 11 is 0. The van der Waals surface area contributed by atoms with Gasteiger partial charge in [-0.25, -0.2) is 4.39 Å². The number of hydrogen-bond acceptors (Lipinski definition) is 1. The molecule has 1 amide bonds. The molecule has 2 nitrogen and oxygen atoms in total. The number of amides is 1. The molecule has 0 bridgehead atoms. The van der Waals surface area contributed by atoms with Crippen molar-refractivity contribution in [1.82, 2.24) is 5.32 Å². The third kappa shape index (κ3) is 2.90. The van der Waals surface area contributed by atoms with Crippen LogP contribution in [0.3, 0.4) is 0 Å². The zero-order valence-corrected chi connectivity index (χ0v) is 13.4. The summed E-state index contributed by atoms with van der Waals surface area (Å²) in [7, 11) is 0. The van der Waals surface area contributed by atoms with Crippen LogP contribution in [0.25, 0.3) is 0 Å². The van der Waals surface area contributed by atoms with Crippen molar-refractivity contribution in [3.63, 3.8) is 0 Å². The molecule has 0 saturated heterocycles. The van der Waals surface area contributed by atoms with E-state index >= 15 is 0 Å². The maximum Gasteiger partial charge on any atom is 0.230 e. The van der Waals surface area contributed by atoms with Crippen molar-refractivity contribution in [2.24, 2.45) is 5.92 Å². The fourth-order valence-corrected chi connectivity index (χ4v) is 4.23. The predicted molar refractivity (Wildman–Crippen MR) is 86.1 cm³/mol. The lowest BCUT2D eigenvalue weighted by molar-refractivity contribution is -0.128. The Balaban J connectivity index is 1.81. The van der Waals surface area contributed by atoms with E-state index in [1.807, 2.05) is 0 Å². The van der Waals surface area contributed by atoms with E-state index in [9.17, 15) is 9.18 Å². The molecule has 120 valence electrons. The van der Waals surface area contributed by atoms with Gasteiger partial charge in [0, 0.05) is 6.04 Å². The Bertz CT molecular complexity index is 519. The molecule has 0 spiro atoms. The fourth-order valence-electron chi connectivity index (χ4n) is 4.23. The maximum absolute atomic E-state index is 13.2. The van der Waals surface area contributed by atoms with Gasteiger partial charge < -0.3 is 5.32 Å². The summed E-state index contributed by atoms with van der Waals surface area (Å²) in [6, 6.07) is 6.85. The van der Waals surface area contributed by atoms with Gasteiger partial charge in [0.05, 0.1) is 5.41 Å². The van der Waals surface area contributed by atoms with Gasteiger partial charge in [-0.1, -0.05) is 44.7 Å². The van der Waals surface area contributed by atoms with Gasteiger partial charge in [-0.2, -0.15) is 0 Å². The topological polar surface area (TPSA) is 29.1 Å². The largest absolute Gasteiger partial charge is 0.352 e. The lowest BCUT2D eigenvalue weighted by Crippen LogP contribution is -2.49. The van der Waals surface area contributed by atoms with Crippen LogP contribution in [0, 0.1) is 11.7 Å². The van der Waals surface area contributed by atoms with E-state index in [-0.39, 0.29) is 11.7 Å². The molecule has 1 aromatic carbocycles. The molecule has 2 unspecified atom stereocenters. The fraction of sp³-hybridized carbons (Fsp3) is 0.632. The van der Waals surface area contributed by atoms with Crippen molar-refractivity contribution in [2.75, 3.05) is 0 Å². The minimum atomic E-state index is -0.440. The highest BCUT2D eigenvalue weighted by atomic mass is 19.1. The smallest absolute Gasteiger partial charge is 0.230 e. The molecule has 0 aromatic heterocycles. The Labute approximate surface area is 132 Å². The monoisotopic (exact) mass is 303 g/mol. The lowest BCUT2D eigenvalue weighted by atomic mass is 9.77. The number of nitrogens with one attached hydrogen (secondary N) is 1. The van der Waals surface area contributed by atoms with Crippen molar-refractivity contribution < 1.29 is 9.18 Å². The quantitative estimate of drug-likeness (QED) is 0.884. The molecule has 0 aliphatic heterocycles. The second kappa shape index (κ2) is 6.39. The number of carbonyl (C=O) groups excluding carboxylic acids is 1. The molecular weight excluding hydrogens is 277 g/mol. The van der Waals surface area contributed by atoms with Crippen LogP contribution in [0.2, 0.25) is 0 Å². The summed E-state index contributed by atoms with van der Waals surface area (Å²) in [5, 5.41) is 3.33. The number of hydrogen-bond donors (Lipinski definition) is 1. The first-order valence-electron chi connectivity index (χ1n) is 8.69. The summed E-state index contributed by atoms with van der Waals surface area (Å²) in [6.07, 6.45) is 8.68. The molecule has 0 heterocycles. The van der Waals surface area contributed by atoms with E-state index in [1.54, 1.807) is 12.1 Å². The van der Waals surface area contributed by atoms with Crippen LogP contribution in [-0.2, 0) is 10.2 Å². The standard InChI is InChI=1S/C19H26FNO/c1-14-6-2-3-7-17(14)21-18(22)19(12-4-5-13-19)15-8-10-16(20)11-9-15/h8-11,14,17H,2-7,12-13H2,1H3,(H,21,22). The number of rotatable bonds is 3.